The van der Waals surface area contributed by atoms with Gasteiger partial charge in [-0.25, -0.2) is 4.98 Å². The number of benzene rings is 1. The van der Waals surface area contributed by atoms with Gasteiger partial charge in [-0.1, -0.05) is 0 Å². The van der Waals surface area contributed by atoms with E-state index in [-0.39, 0.29) is 5.69 Å². The molecular weight excluding hydrogens is 272 g/mol. The van der Waals surface area contributed by atoms with Gasteiger partial charge in [0, 0.05) is 23.4 Å². The lowest BCUT2D eigenvalue weighted by atomic mass is 10.1. The molecule has 1 aromatic heterocycles. The van der Waals surface area contributed by atoms with Crippen LogP contribution >= 0.6 is 0 Å². The number of pyridine rings is 1. The number of nitro benzene ring substituents is 1. The molecule has 0 saturated heterocycles. The molecule has 0 unspecified atom stereocenters. The van der Waals surface area contributed by atoms with Gasteiger partial charge in [-0.05, 0) is 44.5 Å². The number of aliphatic hydroxyl groups is 1. The molecule has 2 rings (SSSR count). The van der Waals surface area contributed by atoms with E-state index < -0.39 is 11.0 Å². The van der Waals surface area contributed by atoms with E-state index in [0.717, 1.165) is 0 Å². The highest BCUT2D eigenvalue weighted by Gasteiger charge is 2.16. The molecule has 0 bridgehead atoms. The highest BCUT2D eigenvalue weighted by atomic mass is 16.6. The largest absolute Gasteiger partial charge is 0.438 e. The molecule has 110 valence electrons. The van der Waals surface area contributed by atoms with Gasteiger partial charge in [-0.2, -0.15) is 0 Å². The molecule has 0 radical (unpaired) electrons. The minimum Gasteiger partial charge on any atom is -0.438 e. The van der Waals surface area contributed by atoms with Gasteiger partial charge < -0.3 is 9.84 Å². The summed E-state index contributed by atoms with van der Waals surface area (Å²) in [5.41, 5.74) is 1.76. The van der Waals surface area contributed by atoms with Crippen LogP contribution in [0.25, 0.3) is 0 Å². The van der Waals surface area contributed by atoms with Crippen LogP contribution in [0.15, 0.2) is 30.5 Å². The summed E-state index contributed by atoms with van der Waals surface area (Å²) in [5.74, 6) is 0.780. The molecule has 1 heterocycles. The van der Waals surface area contributed by atoms with Gasteiger partial charge >= 0.3 is 0 Å². The zero-order valence-electron chi connectivity index (χ0n) is 12.0. The quantitative estimate of drug-likeness (QED) is 0.688. The minimum absolute atomic E-state index is 0.0524. The molecule has 0 spiro atoms. The lowest BCUT2D eigenvalue weighted by Gasteiger charge is -2.13. The van der Waals surface area contributed by atoms with Gasteiger partial charge in [0.05, 0.1) is 11.0 Å². The van der Waals surface area contributed by atoms with Gasteiger partial charge in [-0.3, -0.25) is 10.1 Å². The van der Waals surface area contributed by atoms with Crippen molar-refractivity contribution in [1.82, 2.24) is 4.98 Å². The Balaban J connectivity index is 2.41. The predicted molar refractivity (Wildman–Crippen MR) is 77.5 cm³/mol. The van der Waals surface area contributed by atoms with Crippen LogP contribution in [0.1, 0.15) is 29.7 Å². The van der Waals surface area contributed by atoms with E-state index in [4.69, 9.17) is 4.74 Å². The molecule has 1 aromatic carbocycles. The van der Waals surface area contributed by atoms with Crippen molar-refractivity contribution in [2.75, 3.05) is 0 Å². The third-order valence-electron chi connectivity index (χ3n) is 3.15. The molecular formula is C15H16N2O4. The normalized spacial score (nSPS) is 12.0. The number of nitrogens with zero attached hydrogens (tertiary/aromatic N) is 2. The Labute approximate surface area is 122 Å². The van der Waals surface area contributed by atoms with Crippen LogP contribution in [0.2, 0.25) is 0 Å². The summed E-state index contributed by atoms with van der Waals surface area (Å²) in [6, 6.07) is 6.51. The first-order chi connectivity index (χ1) is 9.90. The van der Waals surface area contributed by atoms with Gasteiger partial charge in [0.1, 0.15) is 5.75 Å². The van der Waals surface area contributed by atoms with E-state index in [1.807, 2.05) is 0 Å². The second kappa shape index (κ2) is 5.88. The van der Waals surface area contributed by atoms with Crippen LogP contribution in [-0.2, 0) is 0 Å². The molecule has 0 aliphatic carbocycles. The number of nitro groups is 1. The van der Waals surface area contributed by atoms with Gasteiger partial charge in [0.25, 0.3) is 5.69 Å². The maximum absolute atomic E-state index is 10.9. The summed E-state index contributed by atoms with van der Waals surface area (Å²) >= 11 is 0. The number of ether oxygens (including phenoxy) is 1. The van der Waals surface area contributed by atoms with E-state index in [1.54, 1.807) is 45.2 Å². The Bertz CT molecular complexity index is 683. The van der Waals surface area contributed by atoms with E-state index in [1.165, 1.54) is 6.07 Å². The van der Waals surface area contributed by atoms with Crippen LogP contribution in [0.3, 0.4) is 0 Å². The topological polar surface area (TPSA) is 85.5 Å². The van der Waals surface area contributed by atoms with Gasteiger partial charge in [0.2, 0.25) is 5.88 Å². The van der Waals surface area contributed by atoms with Crippen LogP contribution < -0.4 is 4.74 Å². The highest BCUT2D eigenvalue weighted by molar-refractivity contribution is 5.50. The van der Waals surface area contributed by atoms with Gasteiger partial charge in [0.15, 0.2) is 0 Å². The monoisotopic (exact) mass is 288 g/mol. The van der Waals surface area contributed by atoms with E-state index in [0.29, 0.717) is 28.3 Å². The van der Waals surface area contributed by atoms with Crippen molar-refractivity contribution in [3.8, 4) is 11.6 Å². The van der Waals surface area contributed by atoms with Gasteiger partial charge in [-0.15, -0.1) is 0 Å². The summed E-state index contributed by atoms with van der Waals surface area (Å²) in [7, 11) is 0. The fourth-order valence-corrected chi connectivity index (χ4v) is 1.99. The fraction of sp³-hybridized carbons (Fsp3) is 0.267. The van der Waals surface area contributed by atoms with Crippen molar-refractivity contribution >= 4 is 5.69 Å². The van der Waals surface area contributed by atoms with Crippen LogP contribution in [0.5, 0.6) is 11.6 Å². The maximum atomic E-state index is 10.9. The fourth-order valence-electron chi connectivity index (χ4n) is 1.99. The summed E-state index contributed by atoms with van der Waals surface area (Å²) in [6.07, 6.45) is 0.850. The number of rotatable bonds is 4. The number of aliphatic hydroxyl groups excluding tert-OH is 1. The average molecular weight is 288 g/mol. The molecule has 0 aliphatic heterocycles. The van der Waals surface area contributed by atoms with E-state index >= 15 is 0 Å². The molecule has 1 atom stereocenters. The maximum Gasteiger partial charge on any atom is 0.272 e. The lowest BCUT2D eigenvalue weighted by molar-refractivity contribution is -0.385. The molecule has 6 nitrogen and oxygen atoms in total. The third-order valence-corrected chi connectivity index (χ3v) is 3.15. The molecule has 0 saturated carbocycles. The SMILES string of the molecule is Cc1cc([N+](=O)[O-])c(C)cc1Oc1ncccc1[C@@H](C)O. The molecule has 0 fully saturated rings. The second-order valence-electron chi connectivity index (χ2n) is 4.84. The average Bonchev–Trinajstić information content (AvgIpc) is 2.42. The predicted octanol–water partition coefficient (Wildman–Crippen LogP) is 3.45. The van der Waals surface area contributed by atoms with Crippen molar-refractivity contribution in [2.45, 2.75) is 26.9 Å². The highest BCUT2D eigenvalue weighted by Crippen LogP contribution is 2.33. The van der Waals surface area contributed by atoms with Crippen molar-refractivity contribution < 1.29 is 14.8 Å². The molecule has 2 aromatic rings. The van der Waals surface area contributed by atoms with Crippen LogP contribution in [0.4, 0.5) is 5.69 Å². The van der Waals surface area contributed by atoms with Crippen molar-refractivity contribution in [3.05, 3.63) is 57.3 Å². The Morgan fingerprint density at radius 1 is 1.33 bits per heavy atom. The third kappa shape index (κ3) is 3.17. The number of aromatic nitrogens is 1. The Hall–Kier alpha value is -2.47. The Kier molecular flexibility index (Phi) is 4.18. The summed E-state index contributed by atoms with van der Waals surface area (Å²) in [6.45, 7) is 5.00. The minimum atomic E-state index is -0.715. The van der Waals surface area contributed by atoms with E-state index in [9.17, 15) is 15.2 Å². The Morgan fingerprint density at radius 3 is 2.67 bits per heavy atom. The molecule has 21 heavy (non-hydrogen) atoms. The number of aryl methyl sites for hydroxylation is 2. The van der Waals surface area contributed by atoms with Crippen molar-refractivity contribution in [3.63, 3.8) is 0 Å². The first-order valence-electron chi connectivity index (χ1n) is 6.46. The first-order valence-corrected chi connectivity index (χ1v) is 6.46. The van der Waals surface area contributed by atoms with Crippen LogP contribution in [-0.4, -0.2) is 15.0 Å². The van der Waals surface area contributed by atoms with Crippen molar-refractivity contribution in [1.29, 1.82) is 0 Å². The summed E-state index contributed by atoms with van der Waals surface area (Å²) in [5, 5.41) is 20.6. The zero-order chi connectivity index (χ0) is 15.6. The molecule has 0 amide bonds. The molecule has 1 N–H and O–H groups in total. The Morgan fingerprint density at radius 2 is 2.05 bits per heavy atom. The lowest BCUT2D eigenvalue weighted by Crippen LogP contribution is -2.00. The molecule has 6 heteroatoms. The summed E-state index contributed by atoms with van der Waals surface area (Å²) in [4.78, 5) is 14.6. The first kappa shape index (κ1) is 14.9. The van der Waals surface area contributed by atoms with E-state index in [2.05, 4.69) is 4.98 Å². The summed E-state index contributed by atoms with van der Waals surface area (Å²) < 4.78 is 5.72. The second-order valence-corrected chi connectivity index (χ2v) is 4.84. The zero-order valence-corrected chi connectivity index (χ0v) is 12.0. The van der Waals surface area contributed by atoms with Crippen molar-refractivity contribution in [2.24, 2.45) is 0 Å². The standard InChI is InChI=1S/C15H16N2O4/c1-9-8-14(10(2)7-13(9)17(19)20)21-15-12(11(3)18)5-4-6-16-15/h4-8,11,18H,1-3H3/t11-/m1/s1. The smallest absolute Gasteiger partial charge is 0.272 e. The van der Waals surface area contributed by atoms with Crippen LogP contribution in [0, 0.1) is 24.0 Å². The molecule has 0 aliphatic rings. The number of hydrogen-bond acceptors (Lipinski definition) is 5. The number of hydrogen-bond donors (Lipinski definition) is 1.